The first-order valence-electron chi connectivity index (χ1n) is 17.2. The lowest BCUT2D eigenvalue weighted by Gasteiger charge is -2.28. The molecule has 2 heterocycles. The van der Waals surface area contributed by atoms with Gasteiger partial charge in [0, 0.05) is 23.5 Å². The van der Waals surface area contributed by atoms with E-state index >= 15 is 0 Å². The normalized spacial score (nSPS) is 17.7. The van der Waals surface area contributed by atoms with Gasteiger partial charge in [0.2, 0.25) is 15.9 Å². The molecule has 6 N–H and O–H groups in total. The number of sulfonamides is 1. The van der Waals surface area contributed by atoms with Gasteiger partial charge < -0.3 is 15.5 Å². The van der Waals surface area contributed by atoms with Crippen LogP contribution in [0.3, 0.4) is 0 Å². The van der Waals surface area contributed by atoms with Crippen LogP contribution < -0.4 is 25.0 Å². The molecule has 0 aromatic heterocycles. The van der Waals surface area contributed by atoms with Crippen molar-refractivity contribution in [3.05, 3.63) is 118 Å². The highest BCUT2D eigenvalue weighted by Crippen LogP contribution is 2.37. The topological polar surface area (TPSA) is 177 Å². The predicted molar refractivity (Wildman–Crippen MR) is 204 cm³/mol. The number of anilines is 2. The second kappa shape index (κ2) is 16.7. The number of para-hydroxylation sites is 1. The highest BCUT2D eigenvalue weighted by Gasteiger charge is 2.40. The molecule has 2 aliphatic heterocycles. The Balaban J connectivity index is 1.01. The lowest BCUT2D eigenvalue weighted by Crippen LogP contribution is -2.54. The van der Waals surface area contributed by atoms with Crippen LogP contribution in [0.4, 0.5) is 11.4 Å². The standard InChI is InChI=1S/C38H40ClN5O7S2/c1-23(36(45)44-31-10-6-5-9-27(31)19-32(44)38(48)49)41-29(37(46)47)17-15-25-11-13-26(14-12-25)22-40-53(50,51)34-21-33-30(20-28(34)39)42-35(43-52-33)18-16-24-7-3-2-4-8-24/h2-14,20-21,23,29,32,35,40-43H,15-19,22H2,1H3,(H,46,47)(H,48,49)/t23-,29-,32?,35?/m0/s1. The average Bonchev–Trinajstić information content (AvgIpc) is 3.55. The largest absolute Gasteiger partial charge is 0.480 e. The van der Waals surface area contributed by atoms with Crippen LogP contribution >= 0.6 is 23.5 Å². The summed E-state index contributed by atoms with van der Waals surface area (Å²) in [4.78, 5) is 39.4. The number of hydrogen-bond donors (Lipinski definition) is 6. The second-order valence-corrected chi connectivity index (χ2v) is 16.1. The van der Waals surface area contributed by atoms with Crippen LogP contribution in [0.15, 0.2) is 101 Å². The van der Waals surface area contributed by atoms with Crippen molar-refractivity contribution in [1.82, 2.24) is 14.8 Å². The number of amides is 1. The molecular weight excluding hydrogens is 738 g/mol. The summed E-state index contributed by atoms with van der Waals surface area (Å²) in [7, 11) is -3.96. The summed E-state index contributed by atoms with van der Waals surface area (Å²) in [6.07, 6.45) is 2.39. The molecule has 15 heteroatoms. The van der Waals surface area contributed by atoms with E-state index in [2.05, 4.69) is 32.2 Å². The number of carbonyl (C=O) groups is 3. The van der Waals surface area contributed by atoms with Crippen molar-refractivity contribution >= 4 is 62.8 Å². The smallest absolute Gasteiger partial charge is 0.327 e. The third kappa shape index (κ3) is 9.21. The number of aliphatic carboxylic acids is 2. The molecule has 2 aliphatic rings. The van der Waals surface area contributed by atoms with Gasteiger partial charge in [-0.2, -0.15) is 0 Å². The van der Waals surface area contributed by atoms with Gasteiger partial charge in [0.1, 0.15) is 17.0 Å². The Morgan fingerprint density at radius 1 is 0.943 bits per heavy atom. The predicted octanol–water partition coefficient (Wildman–Crippen LogP) is 5.21. The van der Waals surface area contributed by atoms with E-state index in [9.17, 15) is 33.0 Å². The van der Waals surface area contributed by atoms with Gasteiger partial charge in [-0.05, 0) is 85.0 Å². The average molecular weight is 778 g/mol. The van der Waals surface area contributed by atoms with Crippen LogP contribution in [0, 0.1) is 0 Å². The Hall–Kier alpha value is -4.44. The summed E-state index contributed by atoms with van der Waals surface area (Å²) in [6.45, 7) is 1.54. The van der Waals surface area contributed by atoms with Crippen molar-refractivity contribution in [3.8, 4) is 0 Å². The maximum Gasteiger partial charge on any atom is 0.327 e. The summed E-state index contributed by atoms with van der Waals surface area (Å²) in [5.41, 5.74) is 4.76. The Bertz CT molecular complexity index is 2090. The fraction of sp³-hybridized carbons (Fsp3) is 0.289. The van der Waals surface area contributed by atoms with Gasteiger partial charge in [0.05, 0.1) is 22.9 Å². The molecule has 4 aromatic carbocycles. The fourth-order valence-corrected chi connectivity index (χ4v) is 8.98. The Morgan fingerprint density at radius 3 is 2.34 bits per heavy atom. The molecule has 12 nitrogen and oxygen atoms in total. The number of fused-ring (bicyclic) bond motifs is 2. The minimum Gasteiger partial charge on any atom is -0.480 e. The van der Waals surface area contributed by atoms with Gasteiger partial charge >= 0.3 is 11.9 Å². The summed E-state index contributed by atoms with van der Waals surface area (Å²) < 4.78 is 32.6. The number of carbonyl (C=O) groups excluding carboxylic acids is 1. The van der Waals surface area contributed by atoms with Crippen molar-refractivity contribution < 1.29 is 33.0 Å². The van der Waals surface area contributed by atoms with Gasteiger partial charge in [0.25, 0.3) is 0 Å². The number of carboxylic acid groups (broad SMARTS) is 2. The number of benzene rings is 4. The second-order valence-electron chi connectivity index (χ2n) is 13.1. The maximum absolute atomic E-state index is 13.4. The molecule has 0 saturated heterocycles. The van der Waals surface area contributed by atoms with E-state index in [0.717, 1.165) is 29.7 Å². The van der Waals surface area contributed by atoms with E-state index in [0.29, 0.717) is 22.6 Å². The molecule has 0 saturated carbocycles. The van der Waals surface area contributed by atoms with Crippen molar-refractivity contribution in [3.63, 3.8) is 0 Å². The third-order valence-corrected chi connectivity index (χ3v) is 12.2. The van der Waals surface area contributed by atoms with Gasteiger partial charge in [-0.1, -0.05) is 84.4 Å². The number of halogens is 1. The SMILES string of the molecule is C[C@H](N[C@@H](CCc1ccc(CNS(=O)(=O)c2cc3c(cc2Cl)NC(CCc2ccccc2)NS3)cc1)C(=O)O)C(=O)N1c2ccccc2CC1C(=O)O. The molecule has 6 rings (SSSR count). The van der Waals surface area contributed by atoms with Crippen LogP contribution in [-0.2, 0) is 50.2 Å². The lowest BCUT2D eigenvalue weighted by molar-refractivity contribution is -0.141. The summed E-state index contributed by atoms with van der Waals surface area (Å²) in [5, 5.41) is 26.1. The van der Waals surface area contributed by atoms with E-state index < -0.39 is 46.0 Å². The molecule has 0 fully saturated rings. The quantitative estimate of drug-likeness (QED) is 0.0875. The lowest BCUT2D eigenvalue weighted by atomic mass is 10.0. The Morgan fingerprint density at radius 2 is 1.62 bits per heavy atom. The van der Waals surface area contributed by atoms with Crippen LogP contribution in [0.1, 0.15) is 42.0 Å². The van der Waals surface area contributed by atoms with Gasteiger partial charge in [-0.15, -0.1) is 0 Å². The van der Waals surface area contributed by atoms with Crippen molar-refractivity contribution in [2.45, 2.75) is 79.7 Å². The zero-order chi connectivity index (χ0) is 37.7. The molecule has 4 aromatic rings. The van der Waals surface area contributed by atoms with Gasteiger partial charge in [-0.3, -0.25) is 19.8 Å². The highest BCUT2D eigenvalue weighted by molar-refractivity contribution is 7.97. The molecule has 0 spiro atoms. The zero-order valence-corrected chi connectivity index (χ0v) is 31.2. The molecule has 0 bridgehead atoms. The number of hydrogen-bond acceptors (Lipinski definition) is 9. The molecule has 1 amide bonds. The monoisotopic (exact) mass is 777 g/mol. The molecule has 2 unspecified atom stereocenters. The zero-order valence-electron chi connectivity index (χ0n) is 28.8. The summed E-state index contributed by atoms with van der Waals surface area (Å²) >= 11 is 7.85. The Labute approximate surface area is 317 Å². The van der Waals surface area contributed by atoms with Crippen LogP contribution in [0.2, 0.25) is 5.02 Å². The van der Waals surface area contributed by atoms with Crippen LogP contribution in [-0.4, -0.2) is 60.8 Å². The minimum atomic E-state index is -3.96. The molecule has 278 valence electrons. The van der Waals surface area contributed by atoms with Crippen molar-refractivity contribution in [2.75, 3.05) is 10.2 Å². The van der Waals surface area contributed by atoms with E-state index in [1.807, 2.05) is 18.2 Å². The Kier molecular flexibility index (Phi) is 12.1. The van der Waals surface area contributed by atoms with Crippen molar-refractivity contribution in [1.29, 1.82) is 0 Å². The highest BCUT2D eigenvalue weighted by atomic mass is 35.5. The number of nitrogens with one attached hydrogen (secondary N) is 4. The van der Waals surface area contributed by atoms with E-state index in [1.54, 1.807) is 60.7 Å². The van der Waals surface area contributed by atoms with E-state index in [4.69, 9.17) is 11.6 Å². The molecule has 4 atom stereocenters. The van der Waals surface area contributed by atoms with E-state index in [-0.39, 0.29) is 35.5 Å². The minimum absolute atomic E-state index is 0.0110. The molecular formula is C38H40ClN5O7S2. The number of aryl methyl sites for hydroxylation is 2. The van der Waals surface area contributed by atoms with Crippen molar-refractivity contribution in [2.24, 2.45) is 0 Å². The number of nitrogens with zero attached hydrogens (tertiary/aromatic N) is 1. The summed E-state index contributed by atoms with van der Waals surface area (Å²) in [6, 6.07) is 24.3. The van der Waals surface area contributed by atoms with E-state index in [1.165, 1.54) is 29.3 Å². The first-order chi connectivity index (χ1) is 25.4. The van der Waals surface area contributed by atoms with Gasteiger partial charge in [-0.25, -0.2) is 22.7 Å². The first-order valence-corrected chi connectivity index (χ1v) is 19.8. The number of rotatable bonds is 15. The van der Waals surface area contributed by atoms with Gasteiger partial charge in [0.15, 0.2) is 0 Å². The summed E-state index contributed by atoms with van der Waals surface area (Å²) in [5.74, 6) is -2.79. The first kappa shape index (κ1) is 38.3. The molecule has 0 aliphatic carbocycles. The third-order valence-electron chi connectivity index (χ3n) is 9.36. The van der Waals surface area contributed by atoms with Crippen LogP contribution in [0.5, 0.6) is 0 Å². The molecule has 0 radical (unpaired) electrons. The fourth-order valence-electron chi connectivity index (χ4n) is 6.48. The maximum atomic E-state index is 13.4. The molecule has 53 heavy (non-hydrogen) atoms. The number of carboxylic acids is 2. The van der Waals surface area contributed by atoms with Crippen LogP contribution in [0.25, 0.3) is 0 Å².